The first kappa shape index (κ1) is 17.6. The van der Waals surface area contributed by atoms with Gasteiger partial charge in [-0.2, -0.15) is 0 Å². The largest absolute Gasteiger partial charge is 0.507 e. The third-order valence-corrected chi connectivity index (χ3v) is 3.79. The predicted molar refractivity (Wildman–Crippen MR) is 88.0 cm³/mol. The molecule has 1 amide bonds. The van der Waals surface area contributed by atoms with Crippen LogP contribution in [-0.4, -0.2) is 61.9 Å². The van der Waals surface area contributed by atoms with Crippen LogP contribution in [0.5, 0.6) is 11.5 Å². The highest BCUT2D eigenvalue weighted by molar-refractivity contribution is 5.97. The van der Waals surface area contributed by atoms with Crippen LogP contribution in [0.4, 0.5) is 0 Å². The number of benzene rings is 1. The number of ether oxygens (including phenoxy) is 2. The van der Waals surface area contributed by atoms with Crippen molar-refractivity contribution in [1.82, 2.24) is 10.2 Å². The summed E-state index contributed by atoms with van der Waals surface area (Å²) in [7, 11) is 1.51. The number of rotatable bonds is 6. The predicted octanol–water partition coefficient (Wildman–Crippen LogP) is 1.49. The van der Waals surface area contributed by atoms with E-state index in [9.17, 15) is 9.90 Å². The normalized spacial score (nSPS) is 18.9. The highest BCUT2D eigenvalue weighted by Crippen LogP contribution is 2.23. The van der Waals surface area contributed by atoms with Gasteiger partial charge in [-0.15, -0.1) is 0 Å². The zero-order valence-electron chi connectivity index (χ0n) is 14.0. The van der Waals surface area contributed by atoms with Crippen LogP contribution in [0.15, 0.2) is 18.2 Å². The molecule has 6 heteroatoms. The number of phenols is 1. The summed E-state index contributed by atoms with van der Waals surface area (Å²) in [5.41, 5.74) is 0.237. The van der Waals surface area contributed by atoms with Gasteiger partial charge < -0.3 is 19.9 Å². The molecule has 0 spiro atoms. The molecule has 6 nitrogen and oxygen atoms in total. The Bertz CT molecular complexity index is 533. The Hall–Kier alpha value is -1.79. The van der Waals surface area contributed by atoms with Gasteiger partial charge in [-0.3, -0.25) is 9.69 Å². The van der Waals surface area contributed by atoms with Gasteiger partial charge in [0.05, 0.1) is 25.4 Å². The van der Waals surface area contributed by atoms with Crippen molar-refractivity contribution in [1.29, 1.82) is 0 Å². The van der Waals surface area contributed by atoms with Crippen LogP contribution in [-0.2, 0) is 4.74 Å². The van der Waals surface area contributed by atoms with E-state index in [4.69, 9.17) is 9.47 Å². The minimum Gasteiger partial charge on any atom is -0.507 e. The lowest BCUT2D eigenvalue weighted by atomic mass is 10.1. The van der Waals surface area contributed by atoms with Crippen LogP contribution in [0.3, 0.4) is 0 Å². The van der Waals surface area contributed by atoms with E-state index in [-0.39, 0.29) is 23.3 Å². The van der Waals surface area contributed by atoms with E-state index in [2.05, 4.69) is 24.1 Å². The minimum absolute atomic E-state index is 0.0214. The summed E-state index contributed by atoms with van der Waals surface area (Å²) in [6.45, 7) is 8.28. The second-order valence-electron chi connectivity index (χ2n) is 6.24. The van der Waals surface area contributed by atoms with Gasteiger partial charge in [-0.25, -0.2) is 0 Å². The number of hydrogen-bond acceptors (Lipinski definition) is 5. The fourth-order valence-corrected chi connectivity index (χ4v) is 2.72. The molecule has 1 aliphatic rings. The third kappa shape index (κ3) is 5.11. The molecule has 2 rings (SSSR count). The monoisotopic (exact) mass is 322 g/mol. The summed E-state index contributed by atoms with van der Waals surface area (Å²) in [5, 5.41) is 12.7. The summed E-state index contributed by atoms with van der Waals surface area (Å²) < 4.78 is 10.7. The number of nitrogens with zero attached hydrogens (tertiary/aromatic N) is 1. The maximum atomic E-state index is 12.2. The van der Waals surface area contributed by atoms with Gasteiger partial charge in [0.2, 0.25) is 0 Å². The van der Waals surface area contributed by atoms with Crippen molar-refractivity contribution in [3.8, 4) is 11.5 Å². The number of hydrogen-bond donors (Lipinski definition) is 2. The van der Waals surface area contributed by atoms with Crippen LogP contribution in [0.1, 0.15) is 24.2 Å². The van der Waals surface area contributed by atoms with Gasteiger partial charge >= 0.3 is 0 Å². The summed E-state index contributed by atoms with van der Waals surface area (Å²) in [6.07, 6.45) is -0.0214. The lowest BCUT2D eigenvalue weighted by Crippen LogP contribution is -2.48. The summed E-state index contributed by atoms with van der Waals surface area (Å²) in [6, 6.07) is 4.63. The first-order valence-corrected chi connectivity index (χ1v) is 7.98. The van der Waals surface area contributed by atoms with Crippen LogP contribution in [0, 0.1) is 5.92 Å². The molecule has 1 unspecified atom stereocenters. The molecule has 23 heavy (non-hydrogen) atoms. The number of aromatic hydroxyl groups is 1. The lowest BCUT2D eigenvalue weighted by Gasteiger charge is -2.33. The first-order valence-electron chi connectivity index (χ1n) is 7.98. The molecule has 1 aromatic rings. The fourth-order valence-electron chi connectivity index (χ4n) is 2.72. The number of morpholine rings is 1. The number of nitrogens with one attached hydrogen (secondary N) is 1. The fraction of sp³-hybridized carbons (Fsp3) is 0.588. The van der Waals surface area contributed by atoms with Crippen molar-refractivity contribution in [3.05, 3.63) is 23.8 Å². The molecule has 1 atom stereocenters. The first-order chi connectivity index (χ1) is 11.0. The number of methoxy groups -OCH3 is 1. The van der Waals surface area contributed by atoms with Crippen molar-refractivity contribution >= 4 is 5.91 Å². The van der Waals surface area contributed by atoms with E-state index in [0.29, 0.717) is 24.8 Å². The van der Waals surface area contributed by atoms with E-state index < -0.39 is 0 Å². The molecular weight excluding hydrogens is 296 g/mol. The minimum atomic E-state index is -0.310. The molecule has 128 valence electrons. The standard InChI is InChI=1S/C17H26N2O4/c1-12(2)10-19-6-7-23-14(11-19)9-18-17(21)15-5-4-13(22-3)8-16(15)20/h4-5,8,12,14,20H,6-7,9-11H2,1-3H3,(H,18,21). The van der Waals surface area contributed by atoms with Crippen LogP contribution < -0.4 is 10.1 Å². The van der Waals surface area contributed by atoms with Crippen molar-refractivity contribution in [2.45, 2.75) is 20.0 Å². The zero-order valence-corrected chi connectivity index (χ0v) is 14.0. The molecule has 0 aromatic heterocycles. The van der Waals surface area contributed by atoms with Gasteiger partial charge in [-0.1, -0.05) is 13.8 Å². The Morgan fingerprint density at radius 2 is 2.30 bits per heavy atom. The molecule has 2 N–H and O–H groups in total. The molecular formula is C17H26N2O4. The van der Waals surface area contributed by atoms with E-state index in [1.54, 1.807) is 12.1 Å². The summed E-state index contributed by atoms with van der Waals surface area (Å²) in [5.74, 6) is 0.723. The Balaban J connectivity index is 1.86. The number of phenolic OH excluding ortho intramolecular Hbond substituents is 1. The maximum Gasteiger partial charge on any atom is 0.255 e. The molecule has 1 fully saturated rings. The average molecular weight is 322 g/mol. The number of carbonyl (C=O) groups excluding carboxylic acids is 1. The summed E-state index contributed by atoms with van der Waals surface area (Å²) in [4.78, 5) is 14.5. The number of carbonyl (C=O) groups is 1. The second-order valence-corrected chi connectivity index (χ2v) is 6.24. The van der Waals surface area contributed by atoms with Gasteiger partial charge in [0.25, 0.3) is 5.91 Å². The topological polar surface area (TPSA) is 71.0 Å². The highest BCUT2D eigenvalue weighted by Gasteiger charge is 2.22. The van der Waals surface area contributed by atoms with Gasteiger partial charge in [-0.05, 0) is 18.1 Å². The van der Waals surface area contributed by atoms with E-state index in [1.807, 2.05) is 0 Å². The molecule has 0 bridgehead atoms. The Labute approximate surface area is 137 Å². The van der Waals surface area contributed by atoms with Gasteiger partial charge in [0.1, 0.15) is 11.5 Å². The van der Waals surface area contributed by atoms with Gasteiger partial charge in [0.15, 0.2) is 0 Å². The van der Waals surface area contributed by atoms with Crippen LogP contribution >= 0.6 is 0 Å². The van der Waals surface area contributed by atoms with E-state index in [0.717, 1.165) is 19.6 Å². The van der Waals surface area contributed by atoms with Crippen LogP contribution in [0.2, 0.25) is 0 Å². The molecule has 1 heterocycles. The Morgan fingerprint density at radius 3 is 2.96 bits per heavy atom. The van der Waals surface area contributed by atoms with Crippen molar-refractivity contribution in [3.63, 3.8) is 0 Å². The summed E-state index contributed by atoms with van der Waals surface area (Å²) >= 11 is 0. The average Bonchev–Trinajstić information content (AvgIpc) is 2.52. The lowest BCUT2D eigenvalue weighted by molar-refractivity contribution is -0.0295. The molecule has 0 aliphatic carbocycles. The Morgan fingerprint density at radius 1 is 1.52 bits per heavy atom. The molecule has 0 saturated carbocycles. The smallest absolute Gasteiger partial charge is 0.255 e. The van der Waals surface area contributed by atoms with Crippen LogP contribution in [0.25, 0.3) is 0 Å². The number of amides is 1. The molecule has 0 radical (unpaired) electrons. The zero-order chi connectivity index (χ0) is 16.8. The molecule has 1 aromatic carbocycles. The van der Waals surface area contributed by atoms with Crippen molar-refractivity contribution < 1.29 is 19.4 Å². The third-order valence-electron chi connectivity index (χ3n) is 3.79. The van der Waals surface area contributed by atoms with E-state index >= 15 is 0 Å². The maximum absolute atomic E-state index is 12.2. The van der Waals surface area contributed by atoms with E-state index in [1.165, 1.54) is 13.2 Å². The SMILES string of the molecule is COc1ccc(C(=O)NCC2CN(CC(C)C)CCO2)c(O)c1. The van der Waals surface area contributed by atoms with Gasteiger partial charge in [0, 0.05) is 32.2 Å². The Kier molecular flexibility index (Phi) is 6.24. The van der Waals surface area contributed by atoms with Crippen molar-refractivity contribution in [2.75, 3.05) is 39.9 Å². The van der Waals surface area contributed by atoms with Crippen molar-refractivity contribution in [2.24, 2.45) is 5.92 Å². The quantitative estimate of drug-likeness (QED) is 0.830. The molecule has 1 saturated heterocycles. The highest BCUT2D eigenvalue weighted by atomic mass is 16.5. The molecule has 1 aliphatic heterocycles. The second kappa shape index (κ2) is 8.17.